The number of hydrogen-bond acceptors (Lipinski definition) is 3. The molecule has 2 rings (SSSR count). The molecule has 1 atom stereocenters. The Morgan fingerprint density at radius 3 is 2.95 bits per heavy atom. The van der Waals surface area contributed by atoms with Gasteiger partial charge < -0.3 is 9.64 Å². The number of likely N-dealkylation sites (tertiary alicyclic amines) is 1. The molecule has 20 heavy (non-hydrogen) atoms. The highest BCUT2D eigenvalue weighted by Crippen LogP contribution is 2.22. The van der Waals surface area contributed by atoms with E-state index in [0.29, 0.717) is 19.0 Å². The minimum absolute atomic E-state index is 0.263. The van der Waals surface area contributed by atoms with Crippen molar-refractivity contribution in [1.82, 2.24) is 9.88 Å². The van der Waals surface area contributed by atoms with Gasteiger partial charge in [-0.3, -0.25) is 0 Å². The Hall–Kier alpha value is -1.65. The van der Waals surface area contributed by atoms with Gasteiger partial charge in [-0.25, -0.2) is 9.78 Å². The van der Waals surface area contributed by atoms with Crippen LogP contribution < -0.4 is 0 Å². The number of rotatable bonds is 2. The van der Waals surface area contributed by atoms with Gasteiger partial charge in [0, 0.05) is 19.3 Å². The first-order valence-corrected chi connectivity index (χ1v) is 6.92. The first-order valence-electron chi connectivity index (χ1n) is 6.92. The molecular formula is C15H21FN2O2. The lowest BCUT2D eigenvalue weighted by atomic mass is 10.00. The molecule has 0 radical (unpaired) electrons. The fourth-order valence-electron chi connectivity index (χ4n) is 2.39. The zero-order valence-electron chi connectivity index (χ0n) is 12.2. The highest BCUT2D eigenvalue weighted by molar-refractivity contribution is 5.68. The number of halogens is 1. The second-order valence-corrected chi connectivity index (χ2v) is 6.27. The van der Waals surface area contributed by atoms with Gasteiger partial charge in [-0.15, -0.1) is 0 Å². The number of carbonyl (C=O) groups is 1. The first kappa shape index (κ1) is 14.8. The van der Waals surface area contributed by atoms with Crippen LogP contribution in [-0.4, -0.2) is 34.7 Å². The van der Waals surface area contributed by atoms with Gasteiger partial charge >= 0.3 is 6.09 Å². The minimum atomic E-state index is -0.469. The van der Waals surface area contributed by atoms with E-state index in [-0.39, 0.29) is 6.09 Å². The molecular weight excluding hydrogens is 259 g/mol. The molecule has 1 aliphatic heterocycles. The highest BCUT2D eigenvalue weighted by atomic mass is 19.1. The summed E-state index contributed by atoms with van der Waals surface area (Å²) in [6.07, 6.45) is 2.90. The number of pyridine rings is 1. The van der Waals surface area contributed by atoms with Crippen molar-refractivity contribution in [2.75, 3.05) is 13.1 Å². The van der Waals surface area contributed by atoms with E-state index in [2.05, 4.69) is 4.98 Å². The SMILES string of the molecule is CC(C)(C)OC(=O)N1CCC(Cc2ccnc(F)c2)C1. The average Bonchev–Trinajstić information content (AvgIpc) is 2.75. The van der Waals surface area contributed by atoms with Crippen molar-refractivity contribution in [3.63, 3.8) is 0 Å². The summed E-state index contributed by atoms with van der Waals surface area (Å²) in [6.45, 7) is 6.95. The Kier molecular flexibility index (Phi) is 4.26. The lowest BCUT2D eigenvalue weighted by Crippen LogP contribution is -2.35. The maximum atomic E-state index is 13.0. The Bertz CT molecular complexity index is 485. The van der Waals surface area contributed by atoms with Crippen LogP contribution in [0.25, 0.3) is 0 Å². The number of hydrogen-bond donors (Lipinski definition) is 0. The zero-order valence-corrected chi connectivity index (χ0v) is 12.2. The second-order valence-electron chi connectivity index (χ2n) is 6.27. The fraction of sp³-hybridized carbons (Fsp3) is 0.600. The molecule has 0 aromatic carbocycles. The third-order valence-corrected chi connectivity index (χ3v) is 3.25. The monoisotopic (exact) mass is 280 g/mol. The van der Waals surface area contributed by atoms with Crippen LogP contribution in [0.3, 0.4) is 0 Å². The summed E-state index contributed by atoms with van der Waals surface area (Å²) < 4.78 is 18.4. The van der Waals surface area contributed by atoms with Crippen LogP contribution in [0.4, 0.5) is 9.18 Å². The molecule has 5 heteroatoms. The van der Waals surface area contributed by atoms with Crippen molar-refractivity contribution >= 4 is 6.09 Å². The molecule has 1 fully saturated rings. The van der Waals surface area contributed by atoms with Crippen molar-refractivity contribution in [1.29, 1.82) is 0 Å². The largest absolute Gasteiger partial charge is 0.444 e. The molecule has 0 N–H and O–H groups in total. The normalized spacial score (nSPS) is 19.2. The Morgan fingerprint density at radius 1 is 1.55 bits per heavy atom. The van der Waals surface area contributed by atoms with Crippen LogP contribution in [0.1, 0.15) is 32.8 Å². The molecule has 1 aliphatic rings. The van der Waals surface area contributed by atoms with Crippen molar-refractivity contribution in [2.45, 2.75) is 39.2 Å². The number of amides is 1. The van der Waals surface area contributed by atoms with Gasteiger partial charge in [-0.2, -0.15) is 4.39 Å². The van der Waals surface area contributed by atoms with E-state index in [4.69, 9.17) is 4.74 Å². The molecule has 1 aromatic rings. The van der Waals surface area contributed by atoms with Gasteiger partial charge in [0.15, 0.2) is 0 Å². The van der Waals surface area contributed by atoms with Crippen LogP contribution >= 0.6 is 0 Å². The first-order chi connectivity index (χ1) is 9.33. The third-order valence-electron chi connectivity index (χ3n) is 3.25. The lowest BCUT2D eigenvalue weighted by molar-refractivity contribution is 0.0288. The van der Waals surface area contributed by atoms with E-state index in [1.54, 1.807) is 4.90 Å². The van der Waals surface area contributed by atoms with Crippen LogP contribution in [0.15, 0.2) is 18.3 Å². The smallest absolute Gasteiger partial charge is 0.410 e. The number of carbonyl (C=O) groups excluding carboxylic acids is 1. The van der Waals surface area contributed by atoms with E-state index in [9.17, 15) is 9.18 Å². The molecule has 2 heterocycles. The van der Waals surface area contributed by atoms with Crippen molar-refractivity contribution in [2.24, 2.45) is 5.92 Å². The fourth-order valence-corrected chi connectivity index (χ4v) is 2.39. The molecule has 1 aromatic heterocycles. The van der Waals surface area contributed by atoms with Crippen LogP contribution in [0.2, 0.25) is 0 Å². The molecule has 110 valence electrons. The van der Waals surface area contributed by atoms with Crippen LogP contribution in [0, 0.1) is 11.9 Å². The summed E-state index contributed by atoms with van der Waals surface area (Å²) in [5.74, 6) is -0.103. The molecule has 1 saturated heterocycles. The summed E-state index contributed by atoms with van der Waals surface area (Å²) in [5.41, 5.74) is 0.456. The van der Waals surface area contributed by atoms with Gasteiger partial charge in [0.25, 0.3) is 0 Å². The summed E-state index contributed by atoms with van der Waals surface area (Å²) in [6, 6.07) is 3.27. The van der Waals surface area contributed by atoms with Crippen molar-refractivity contribution in [3.05, 3.63) is 29.8 Å². The van der Waals surface area contributed by atoms with E-state index >= 15 is 0 Å². The Morgan fingerprint density at radius 2 is 2.30 bits per heavy atom. The molecule has 0 spiro atoms. The van der Waals surface area contributed by atoms with Gasteiger partial charge in [-0.1, -0.05) is 0 Å². The van der Waals surface area contributed by atoms with Crippen LogP contribution in [-0.2, 0) is 11.2 Å². The predicted octanol–water partition coefficient (Wildman–Crippen LogP) is 3.02. The van der Waals surface area contributed by atoms with Gasteiger partial charge in [0.2, 0.25) is 5.95 Å². The van der Waals surface area contributed by atoms with E-state index < -0.39 is 11.5 Å². The number of nitrogens with zero attached hydrogens (tertiary/aromatic N) is 2. The lowest BCUT2D eigenvalue weighted by Gasteiger charge is -2.24. The molecule has 0 aliphatic carbocycles. The van der Waals surface area contributed by atoms with Crippen molar-refractivity contribution < 1.29 is 13.9 Å². The zero-order chi connectivity index (χ0) is 14.8. The molecule has 1 amide bonds. The topological polar surface area (TPSA) is 42.4 Å². The van der Waals surface area contributed by atoms with E-state index in [1.807, 2.05) is 26.8 Å². The Balaban J connectivity index is 1.88. The summed E-state index contributed by atoms with van der Waals surface area (Å²) in [7, 11) is 0. The maximum Gasteiger partial charge on any atom is 0.410 e. The standard InChI is InChI=1S/C15H21FN2O2/c1-15(2,3)20-14(19)18-7-5-12(10-18)8-11-4-6-17-13(16)9-11/h4,6,9,12H,5,7-8,10H2,1-3H3. The maximum absolute atomic E-state index is 13.0. The quantitative estimate of drug-likeness (QED) is 0.782. The number of ether oxygens (including phenoxy) is 1. The van der Waals surface area contributed by atoms with E-state index in [0.717, 1.165) is 18.4 Å². The Labute approximate surface area is 118 Å². The van der Waals surface area contributed by atoms with Crippen LogP contribution in [0.5, 0.6) is 0 Å². The highest BCUT2D eigenvalue weighted by Gasteiger charge is 2.29. The van der Waals surface area contributed by atoms with Gasteiger partial charge in [0.05, 0.1) is 0 Å². The average molecular weight is 280 g/mol. The molecule has 0 saturated carbocycles. The van der Waals surface area contributed by atoms with Gasteiger partial charge in [0.1, 0.15) is 5.60 Å². The van der Waals surface area contributed by atoms with Crippen molar-refractivity contribution in [3.8, 4) is 0 Å². The van der Waals surface area contributed by atoms with Gasteiger partial charge in [-0.05, 0) is 57.2 Å². The second kappa shape index (κ2) is 5.77. The molecule has 1 unspecified atom stereocenters. The molecule has 4 nitrogen and oxygen atoms in total. The van der Waals surface area contributed by atoms with E-state index in [1.165, 1.54) is 12.3 Å². The minimum Gasteiger partial charge on any atom is -0.444 e. The third kappa shape index (κ3) is 4.18. The summed E-state index contributed by atoms with van der Waals surface area (Å²) in [5, 5.41) is 0. The predicted molar refractivity (Wildman–Crippen MR) is 73.8 cm³/mol. The summed E-state index contributed by atoms with van der Waals surface area (Å²) in [4.78, 5) is 17.2. The molecule has 0 bridgehead atoms. The summed E-state index contributed by atoms with van der Waals surface area (Å²) >= 11 is 0. The number of aromatic nitrogens is 1.